The highest BCUT2D eigenvalue weighted by Gasteiger charge is 2.18. The lowest BCUT2D eigenvalue weighted by atomic mass is 10.1. The van der Waals surface area contributed by atoms with Gasteiger partial charge in [-0.3, -0.25) is 4.79 Å². The van der Waals surface area contributed by atoms with E-state index in [0.717, 1.165) is 33.8 Å². The largest absolute Gasteiger partial charge is 0.309 e. The molecule has 0 saturated heterocycles. The van der Waals surface area contributed by atoms with Crippen molar-refractivity contribution in [2.24, 2.45) is 5.10 Å². The van der Waals surface area contributed by atoms with Crippen molar-refractivity contribution in [1.82, 2.24) is 9.99 Å². The first-order valence-electron chi connectivity index (χ1n) is 9.45. The number of nitrogens with one attached hydrogen (secondary N) is 1. The van der Waals surface area contributed by atoms with Gasteiger partial charge in [-0.15, -0.1) is 0 Å². The van der Waals surface area contributed by atoms with E-state index in [1.54, 1.807) is 6.21 Å². The third-order valence-electron chi connectivity index (χ3n) is 4.59. The molecule has 0 spiro atoms. The Morgan fingerprint density at radius 3 is 1.97 bits per heavy atom. The van der Waals surface area contributed by atoms with Crippen molar-refractivity contribution in [1.29, 1.82) is 0 Å². The summed E-state index contributed by atoms with van der Waals surface area (Å²) in [4.78, 5) is 11.3. The number of benzene rings is 3. The van der Waals surface area contributed by atoms with Crippen LogP contribution in [0.2, 0.25) is 0 Å². The second-order valence-electron chi connectivity index (χ2n) is 6.66. The van der Waals surface area contributed by atoms with Crippen molar-refractivity contribution < 1.29 is 4.79 Å². The molecule has 0 radical (unpaired) electrons. The van der Waals surface area contributed by atoms with E-state index in [1.165, 1.54) is 6.92 Å². The molecular weight excluding hydrogens is 358 g/mol. The van der Waals surface area contributed by atoms with E-state index in [1.807, 2.05) is 54.6 Å². The van der Waals surface area contributed by atoms with Gasteiger partial charge in [0.25, 0.3) is 0 Å². The van der Waals surface area contributed by atoms with Gasteiger partial charge in [-0.05, 0) is 29.3 Å². The first kappa shape index (κ1) is 18.4. The lowest BCUT2D eigenvalue weighted by molar-refractivity contribution is -0.118. The van der Waals surface area contributed by atoms with Gasteiger partial charge in [0.05, 0.1) is 17.6 Å². The molecule has 0 atom stereocenters. The zero-order valence-corrected chi connectivity index (χ0v) is 16.1. The molecule has 1 aromatic heterocycles. The summed E-state index contributed by atoms with van der Waals surface area (Å²) in [5.74, 6) is -0.201. The number of carbonyl (C=O) groups excluding carboxylic acids is 1. The lowest BCUT2D eigenvalue weighted by Crippen LogP contribution is -2.12. The SMILES string of the molecule is CC(=O)N/N=C/c1cc(-c2ccccc2)n(-c2ccccc2)c1-c1ccccc1. The molecule has 4 rings (SSSR count). The molecule has 1 N–H and O–H groups in total. The minimum atomic E-state index is -0.201. The van der Waals surface area contributed by atoms with Crippen LogP contribution in [0.15, 0.2) is 102 Å². The van der Waals surface area contributed by atoms with Crippen LogP contribution in [0.5, 0.6) is 0 Å². The van der Waals surface area contributed by atoms with Crippen molar-refractivity contribution in [2.45, 2.75) is 6.92 Å². The van der Waals surface area contributed by atoms with Gasteiger partial charge in [-0.2, -0.15) is 5.10 Å². The fraction of sp³-hybridized carbons (Fsp3) is 0.0400. The Bertz CT molecular complexity index is 1130. The molecule has 4 aromatic rings. The van der Waals surface area contributed by atoms with Gasteiger partial charge in [0, 0.05) is 18.2 Å². The average molecular weight is 379 g/mol. The summed E-state index contributed by atoms with van der Waals surface area (Å²) in [6, 6.07) is 32.8. The van der Waals surface area contributed by atoms with Crippen LogP contribution in [-0.4, -0.2) is 16.7 Å². The van der Waals surface area contributed by atoms with Crippen LogP contribution in [0.4, 0.5) is 0 Å². The topological polar surface area (TPSA) is 46.4 Å². The maximum absolute atomic E-state index is 11.3. The van der Waals surface area contributed by atoms with Gasteiger partial charge in [0.15, 0.2) is 0 Å². The highest BCUT2D eigenvalue weighted by atomic mass is 16.2. The van der Waals surface area contributed by atoms with Gasteiger partial charge < -0.3 is 4.57 Å². The van der Waals surface area contributed by atoms with E-state index in [4.69, 9.17) is 0 Å². The molecule has 0 aliphatic carbocycles. The Balaban J connectivity index is 2.00. The predicted molar refractivity (Wildman–Crippen MR) is 118 cm³/mol. The van der Waals surface area contributed by atoms with Gasteiger partial charge >= 0.3 is 0 Å². The Labute approximate surface area is 170 Å². The van der Waals surface area contributed by atoms with Crippen LogP contribution in [0.3, 0.4) is 0 Å². The van der Waals surface area contributed by atoms with Crippen LogP contribution in [0, 0.1) is 0 Å². The van der Waals surface area contributed by atoms with Crippen LogP contribution in [-0.2, 0) is 4.79 Å². The molecule has 3 aromatic carbocycles. The molecule has 0 bridgehead atoms. The maximum atomic E-state index is 11.3. The summed E-state index contributed by atoms with van der Waals surface area (Å²) in [5.41, 5.74) is 8.74. The minimum absolute atomic E-state index is 0.201. The molecule has 29 heavy (non-hydrogen) atoms. The Morgan fingerprint density at radius 2 is 1.38 bits per heavy atom. The first-order chi connectivity index (χ1) is 14.2. The second-order valence-corrected chi connectivity index (χ2v) is 6.66. The summed E-state index contributed by atoms with van der Waals surface area (Å²) < 4.78 is 2.24. The van der Waals surface area contributed by atoms with Gasteiger partial charge in [0.1, 0.15) is 0 Å². The maximum Gasteiger partial charge on any atom is 0.236 e. The number of hydrogen-bond acceptors (Lipinski definition) is 2. The van der Waals surface area contributed by atoms with Crippen LogP contribution in [0.1, 0.15) is 12.5 Å². The summed E-state index contributed by atoms with van der Waals surface area (Å²) in [7, 11) is 0. The van der Waals surface area contributed by atoms with Crippen molar-refractivity contribution in [3.8, 4) is 28.2 Å². The number of aromatic nitrogens is 1. The number of nitrogens with zero attached hydrogens (tertiary/aromatic N) is 2. The third-order valence-corrected chi connectivity index (χ3v) is 4.59. The predicted octanol–water partition coefficient (Wildman–Crippen LogP) is 5.28. The van der Waals surface area contributed by atoms with Gasteiger partial charge in [-0.25, -0.2) is 5.43 Å². The molecule has 142 valence electrons. The van der Waals surface area contributed by atoms with Crippen molar-refractivity contribution >= 4 is 12.1 Å². The standard InChI is InChI=1S/C25H21N3O/c1-19(29)27-26-18-22-17-24(20-11-5-2-6-12-20)28(23-15-9-4-10-16-23)25(22)21-13-7-3-8-14-21/h2-18H,1H3,(H,27,29)/b26-18+. The number of rotatable bonds is 5. The number of hydrazone groups is 1. The van der Waals surface area contributed by atoms with E-state index < -0.39 is 0 Å². The van der Waals surface area contributed by atoms with Crippen LogP contribution < -0.4 is 5.43 Å². The number of amides is 1. The highest BCUT2D eigenvalue weighted by Crippen LogP contribution is 2.35. The Hall–Kier alpha value is -3.92. The summed E-state index contributed by atoms with van der Waals surface area (Å²) in [6.07, 6.45) is 1.70. The van der Waals surface area contributed by atoms with Gasteiger partial charge in [0.2, 0.25) is 5.91 Å². The molecule has 0 fully saturated rings. The van der Waals surface area contributed by atoms with E-state index in [2.05, 4.69) is 57.6 Å². The zero-order valence-electron chi connectivity index (χ0n) is 16.1. The first-order valence-corrected chi connectivity index (χ1v) is 9.45. The zero-order chi connectivity index (χ0) is 20.1. The van der Waals surface area contributed by atoms with E-state index in [0.29, 0.717) is 0 Å². The number of carbonyl (C=O) groups is 1. The molecule has 4 nitrogen and oxygen atoms in total. The van der Waals surface area contributed by atoms with E-state index >= 15 is 0 Å². The Kier molecular flexibility index (Phi) is 5.34. The normalized spacial score (nSPS) is 10.9. The summed E-state index contributed by atoms with van der Waals surface area (Å²) >= 11 is 0. The average Bonchev–Trinajstić information content (AvgIpc) is 3.15. The van der Waals surface area contributed by atoms with Crippen molar-refractivity contribution in [2.75, 3.05) is 0 Å². The van der Waals surface area contributed by atoms with Crippen LogP contribution >= 0.6 is 0 Å². The molecule has 1 amide bonds. The molecular formula is C25H21N3O. The van der Waals surface area contributed by atoms with Crippen molar-refractivity contribution in [3.63, 3.8) is 0 Å². The molecule has 0 saturated carbocycles. The monoisotopic (exact) mass is 379 g/mol. The van der Waals surface area contributed by atoms with Crippen LogP contribution in [0.25, 0.3) is 28.2 Å². The fourth-order valence-electron chi connectivity index (χ4n) is 3.38. The van der Waals surface area contributed by atoms with Gasteiger partial charge in [-0.1, -0.05) is 78.9 Å². The second kappa shape index (κ2) is 8.40. The molecule has 0 unspecified atom stereocenters. The molecule has 4 heteroatoms. The summed E-state index contributed by atoms with van der Waals surface area (Å²) in [6.45, 7) is 1.44. The third kappa shape index (κ3) is 4.01. The highest BCUT2D eigenvalue weighted by molar-refractivity contribution is 5.94. The quantitative estimate of drug-likeness (QED) is 0.372. The minimum Gasteiger partial charge on any atom is -0.309 e. The molecule has 0 aliphatic rings. The smallest absolute Gasteiger partial charge is 0.236 e. The number of hydrogen-bond donors (Lipinski definition) is 1. The number of para-hydroxylation sites is 1. The van der Waals surface area contributed by atoms with E-state index in [-0.39, 0.29) is 5.91 Å². The van der Waals surface area contributed by atoms with E-state index in [9.17, 15) is 4.79 Å². The molecule has 1 heterocycles. The molecule has 0 aliphatic heterocycles. The summed E-state index contributed by atoms with van der Waals surface area (Å²) in [5, 5.41) is 4.13. The fourth-order valence-corrected chi connectivity index (χ4v) is 3.38. The Morgan fingerprint density at radius 1 is 0.828 bits per heavy atom. The lowest BCUT2D eigenvalue weighted by Gasteiger charge is -2.15. The van der Waals surface area contributed by atoms with Crippen molar-refractivity contribution in [3.05, 3.63) is 103 Å².